The number of ether oxygens (including phenoxy) is 3. The van der Waals surface area contributed by atoms with Gasteiger partial charge in [-0.25, -0.2) is 0 Å². The second kappa shape index (κ2) is 9.96. The van der Waals surface area contributed by atoms with E-state index in [1.54, 1.807) is 25.3 Å². The third-order valence-electron chi connectivity index (χ3n) is 4.10. The van der Waals surface area contributed by atoms with Crippen LogP contribution in [-0.4, -0.2) is 31.4 Å². The zero-order valence-electron chi connectivity index (χ0n) is 15.9. The van der Waals surface area contributed by atoms with E-state index in [4.69, 9.17) is 30.9 Å². The summed E-state index contributed by atoms with van der Waals surface area (Å²) in [7, 11) is 1.59. The molecule has 150 valence electrons. The van der Waals surface area contributed by atoms with Crippen LogP contribution < -0.4 is 9.47 Å². The Morgan fingerprint density at radius 3 is 2.38 bits per heavy atom. The number of benzene rings is 3. The van der Waals surface area contributed by atoms with E-state index in [1.807, 2.05) is 48.5 Å². The third-order valence-corrected chi connectivity index (χ3v) is 4.35. The van der Waals surface area contributed by atoms with Gasteiger partial charge in [-0.2, -0.15) is 0 Å². The summed E-state index contributed by atoms with van der Waals surface area (Å²) >= 11 is 5.96. The van der Waals surface area contributed by atoms with Gasteiger partial charge in [-0.3, -0.25) is 4.79 Å². The molecule has 0 heterocycles. The number of methoxy groups -OCH3 is 1. The molecule has 5 nitrogen and oxygen atoms in total. The number of hydrogen-bond donors (Lipinski definition) is 1. The van der Waals surface area contributed by atoms with E-state index in [0.29, 0.717) is 41.0 Å². The fourth-order valence-electron chi connectivity index (χ4n) is 2.81. The first-order valence-corrected chi connectivity index (χ1v) is 9.42. The number of carboxylic acids is 1. The monoisotopic (exact) mass is 412 g/mol. The van der Waals surface area contributed by atoms with Crippen LogP contribution in [0, 0.1) is 0 Å². The molecule has 0 radical (unpaired) electrons. The molecular weight excluding hydrogens is 392 g/mol. The summed E-state index contributed by atoms with van der Waals surface area (Å²) in [6, 6.07) is 20.3. The van der Waals surface area contributed by atoms with E-state index in [-0.39, 0.29) is 6.42 Å². The van der Waals surface area contributed by atoms with Crippen molar-refractivity contribution in [3.8, 4) is 28.4 Å². The molecule has 0 bridgehead atoms. The first-order chi connectivity index (χ1) is 14.0. The molecule has 0 aromatic heterocycles. The summed E-state index contributed by atoms with van der Waals surface area (Å²) in [4.78, 5) is 11.1. The first kappa shape index (κ1) is 20.7. The van der Waals surface area contributed by atoms with Gasteiger partial charge in [0.25, 0.3) is 0 Å². The van der Waals surface area contributed by atoms with E-state index in [0.717, 1.165) is 11.1 Å². The molecule has 29 heavy (non-hydrogen) atoms. The second-order valence-electron chi connectivity index (χ2n) is 6.36. The van der Waals surface area contributed by atoms with E-state index in [1.165, 1.54) is 0 Å². The Morgan fingerprint density at radius 2 is 1.66 bits per heavy atom. The SMILES string of the molecule is COCCOc1cc(CC(=O)O)cc(Oc2cccc(-c3ccc(Cl)cc3)c2)c1. The summed E-state index contributed by atoms with van der Waals surface area (Å²) in [5, 5.41) is 9.80. The number of carbonyl (C=O) groups is 1. The summed E-state index contributed by atoms with van der Waals surface area (Å²) < 4.78 is 16.6. The summed E-state index contributed by atoms with van der Waals surface area (Å²) in [6.45, 7) is 0.793. The van der Waals surface area contributed by atoms with Crippen LogP contribution in [0.5, 0.6) is 17.2 Å². The largest absolute Gasteiger partial charge is 0.491 e. The highest BCUT2D eigenvalue weighted by Crippen LogP contribution is 2.31. The van der Waals surface area contributed by atoms with Crippen LogP contribution in [0.2, 0.25) is 5.02 Å². The van der Waals surface area contributed by atoms with Crippen molar-refractivity contribution in [3.05, 3.63) is 77.3 Å². The van der Waals surface area contributed by atoms with Gasteiger partial charge in [0, 0.05) is 18.2 Å². The van der Waals surface area contributed by atoms with Gasteiger partial charge in [-0.1, -0.05) is 35.9 Å². The molecule has 1 N–H and O–H groups in total. The Bertz CT molecular complexity index is 969. The minimum absolute atomic E-state index is 0.122. The van der Waals surface area contributed by atoms with Gasteiger partial charge in [-0.05, 0) is 53.1 Å². The number of halogens is 1. The Hall–Kier alpha value is -3.02. The molecule has 0 fully saturated rings. The fourth-order valence-corrected chi connectivity index (χ4v) is 2.94. The Morgan fingerprint density at radius 1 is 0.897 bits per heavy atom. The van der Waals surface area contributed by atoms with Crippen molar-refractivity contribution < 1.29 is 24.1 Å². The van der Waals surface area contributed by atoms with Gasteiger partial charge < -0.3 is 19.3 Å². The lowest BCUT2D eigenvalue weighted by Crippen LogP contribution is -2.06. The maximum Gasteiger partial charge on any atom is 0.307 e. The van der Waals surface area contributed by atoms with Crippen LogP contribution in [0.4, 0.5) is 0 Å². The van der Waals surface area contributed by atoms with Crippen molar-refractivity contribution in [2.45, 2.75) is 6.42 Å². The van der Waals surface area contributed by atoms with Crippen molar-refractivity contribution in [2.75, 3.05) is 20.3 Å². The van der Waals surface area contributed by atoms with Gasteiger partial charge in [0.1, 0.15) is 23.9 Å². The van der Waals surface area contributed by atoms with Crippen molar-refractivity contribution in [1.29, 1.82) is 0 Å². The smallest absolute Gasteiger partial charge is 0.307 e. The van der Waals surface area contributed by atoms with E-state index in [9.17, 15) is 4.79 Å². The van der Waals surface area contributed by atoms with Crippen molar-refractivity contribution in [1.82, 2.24) is 0 Å². The molecule has 0 saturated carbocycles. The Kier molecular flexibility index (Phi) is 7.11. The van der Waals surface area contributed by atoms with Crippen molar-refractivity contribution in [2.24, 2.45) is 0 Å². The fraction of sp³-hybridized carbons (Fsp3) is 0.174. The van der Waals surface area contributed by atoms with Gasteiger partial charge in [0.15, 0.2) is 0 Å². The molecule has 0 unspecified atom stereocenters. The Labute approximate surface area is 174 Å². The number of carboxylic acid groups (broad SMARTS) is 1. The summed E-state index contributed by atoms with van der Waals surface area (Å²) in [6.07, 6.45) is -0.122. The maximum atomic E-state index is 11.1. The minimum Gasteiger partial charge on any atom is -0.491 e. The molecule has 0 aliphatic rings. The lowest BCUT2D eigenvalue weighted by molar-refractivity contribution is -0.136. The molecule has 0 spiro atoms. The van der Waals surface area contributed by atoms with E-state index < -0.39 is 5.97 Å². The molecule has 3 aromatic carbocycles. The minimum atomic E-state index is -0.922. The molecule has 0 aliphatic heterocycles. The molecule has 0 amide bonds. The lowest BCUT2D eigenvalue weighted by atomic mass is 10.1. The zero-order valence-corrected chi connectivity index (χ0v) is 16.7. The molecule has 0 atom stereocenters. The Balaban J connectivity index is 1.84. The molecular formula is C23H21ClO5. The molecule has 3 aromatic rings. The molecule has 0 saturated heterocycles. The third kappa shape index (κ3) is 6.24. The van der Waals surface area contributed by atoms with E-state index in [2.05, 4.69) is 0 Å². The average molecular weight is 413 g/mol. The molecule has 0 aliphatic carbocycles. The molecule has 6 heteroatoms. The van der Waals surface area contributed by atoms with Gasteiger partial charge in [0.2, 0.25) is 0 Å². The predicted molar refractivity (Wildman–Crippen MR) is 112 cm³/mol. The summed E-state index contributed by atoms with van der Waals surface area (Å²) in [5.74, 6) is 0.747. The van der Waals surface area contributed by atoms with Crippen LogP contribution >= 0.6 is 11.6 Å². The number of aliphatic carboxylic acids is 1. The van der Waals surface area contributed by atoms with Crippen LogP contribution in [0.3, 0.4) is 0 Å². The highest BCUT2D eigenvalue weighted by Gasteiger charge is 2.09. The topological polar surface area (TPSA) is 65.0 Å². The maximum absolute atomic E-state index is 11.1. The quantitative estimate of drug-likeness (QED) is 0.473. The van der Waals surface area contributed by atoms with Crippen LogP contribution in [0.15, 0.2) is 66.7 Å². The lowest BCUT2D eigenvalue weighted by Gasteiger charge is -2.12. The highest BCUT2D eigenvalue weighted by molar-refractivity contribution is 6.30. The van der Waals surface area contributed by atoms with Crippen LogP contribution in [0.1, 0.15) is 5.56 Å². The standard InChI is InChI=1S/C23H21ClO5/c1-27-9-10-28-21-11-16(13-23(25)26)12-22(15-21)29-20-4-2-3-18(14-20)17-5-7-19(24)8-6-17/h2-8,11-12,14-15H,9-10,13H2,1H3,(H,25,26). The zero-order chi connectivity index (χ0) is 20.6. The van der Waals surface area contributed by atoms with Crippen molar-refractivity contribution in [3.63, 3.8) is 0 Å². The van der Waals surface area contributed by atoms with Gasteiger partial charge in [0.05, 0.1) is 13.0 Å². The normalized spacial score (nSPS) is 10.6. The second-order valence-corrected chi connectivity index (χ2v) is 6.80. The predicted octanol–water partition coefficient (Wildman–Crippen LogP) is 5.45. The van der Waals surface area contributed by atoms with Crippen LogP contribution in [0.25, 0.3) is 11.1 Å². The van der Waals surface area contributed by atoms with Crippen LogP contribution in [-0.2, 0) is 16.0 Å². The van der Waals surface area contributed by atoms with Crippen molar-refractivity contribution >= 4 is 17.6 Å². The number of rotatable bonds is 9. The summed E-state index contributed by atoms with van der Waals surface area (Å²) in [5.41, 5.74) is 2.59. The van der Waals surface area contributed by atoms with Gasteiger partial charge in [-0.15, -0.1) is 0 Å². The first-order valence-electron chi connectivity index (χ1n) is 9.05. The average Bonchev–Trinajstić information content (AvgIpc) is 2.68. The van der Waals surface area contributed by atoms with E-state index >= 15 is 0 Å². The number of hydrogen-bond acceptors (Lipinski definition) is 4. The molecule has 3 rings (SSSR count). The van der Waals surface area contributed by atoms with Gasteiger partial charge >= 0.3 is 5.97 Å². The highest BCUT2D eigenvalue weighted by atomic mass is 35.5.